The molecule has 0 aromatic heterocycles. The Morgan fingerprint density at radius 3 is 2.36 bits per heavy atom. The van der Waals surface area contributed by atoms with E-state index in [4.69, 9.17) is 4.74 Å². The smallest absolute Gasteiger partial charge is 0.264 e. The Balaban J connectivity index is 1.53. The van der Waals surface area contributed by atoms with Crippen molar-refractivity contribution in [2.24, 2.45) is 0 Å². The van der Waals surface area contributed by atoms with E-state index in [0.717, 1.165) is 22.7 Å². The lowest BCUT2D eigenvalue weighted by Crippen LogP contribution is -2.38. The predicted octanol–water partition coefficient (Wildman–Crippen LogP) is 3.74. The van der Waals surface area contributed by atoms with E-state index < -0.39 is 22.5 Å². The summed E-state index contributed by atoms with van der Waals surface area (Å²) in [7, 11) is -4.02. The molecule has 1 heterocycles. The molecule has 0 spiro atoms. The molecule has 0 bridgehead atoms. The molecule has 1 saturated heterocycles. The van der Waals surface area contributed by atoms with Gasteiger partial charge in [-0.2, -0.15) is 0 Å². The number of hydrogen-bond donors (Lipinski definition) is 2. The first-order valence-electron chi connectivity index (χ1n) is 11.8. The summed E-state index contributed by atoms with van der Waals surface area (Å²) >= 11 is 0. The third kappa shape index (κ3) is 6.10. The summed E-state index contributed by atoms with van der Waals surface area (Å²) in [6.07, 6.45) is 1.85. The fourth-order valence-electron chi connectivity index (χ4n) is 3.96. The Bertz CT molecular complexity index is 1300. The molecule has 8 nitrogen and oxygen atoms in total. The highest BCUT2D eigenvalue weighted by Gasteiger charge is 2.27. The number of sulfonamides is 1. The maximum atomic E-state index is 13.5. The predicted molar refractivity (Wildman–Crippen MR) is 139 cm³/mol. The molecule has 0 aliphatic carbocycles. The third-order valence-electron chi connectivity index (χ3n) is 5.90. The van der Waals surface area contributed by atoms with Crippen molar-refractivity contribution in [3.05, 3.63) is 90.0 Å². The maximum absolute atomic E-state index is 13.5. The van der Waals surface area contributed by atoms with Crippen LogP contribution in [0.4, 0.5) is 11.4 Å². The second-order valence-corrected chi connectivity index (χ2v) is 10.5. The summed E-state index contributed by atoms with van der Waals surface area (Å²) < 4.78 is 33.6. The molecule has 0 radical (unpaired) electrons. The van der Waals surface area contributed by atoms with Gasteiger partial charge in [0.05, 0.1) is 27.9 Å². The van der Waals surface area contributed by atoms with Crippen LogP contribution in [0, 0.1) is 6.92 Å². The van der Waals surface area contributed by atoms with E-state index in [9.17, 15) is 18.0 Å². The second-order valence-electron chi connectivity index (χ2n) is 8.60. The van der Waals surface area contributed by atoms with Crippen LogP contribution in [0.5, 0.6) is 0 Å². The average molecular weight is 508 g/mol. The molecule has 188 valence electrons. The van der Waals surface area contributed by atoms with Crippen molar-refractivity contribution in [2.75, 3.05) is 29.3 Å². The Hall–Kier alpha value is -3.69. The van der Waals surface area contributed by atoms with Gasteiger partial charge in [-0.1, -0.05) is 48.0 Å². The number of carbonyl (C=O) groups is 2. The van der Waals surface area contributed by atoms with Gasteiger partial charge in [0, 0.05) is 13.2 Å². The van der Waals surface area contributed by atoms with Crippen molar-refractivity contribution in [1.29, 1.82) is 0 Å². The number of rotatable bonds is 9. The van der Waals surface area contributed by atoms with Gasteiger partial charge in [-0.25, -0.2) is 8.42 Å². The van der Waals surface area contributed by atoms with Gasteiger partial charge < -0.3 is 15.4 Å². The quantitative estimate of drug-likeness (QED) is 0.459. The van der Waals surface area contributed by atoms with Crippen LogP contribution in [-0.2, 0) is 19.6 Å². The van der Waals surface area contributed by atoms with E-state index in [-0.39, 0.29) is 22.5 Å². The van der Waals surface area contributed by atoms with E-state index in [1.165, 1.54) is 12.1 Å². The van der Waals surface area contributed by atoms with Gasteiger partial charge in [0.25, 0.3) is 15.9 Å². The molecule has 4 rings (SSSR count). The number of hydrogen-bond acceptors (Lipinski definition) is 5. The van der Waals surface area contributed by atoms with Crippen molar-refractivity contribution in [3.63, 3.8) is 0 Å². The zero-order valence-corrected chi connectivity index (χ0v) is 20.8. The van der Waals surface area contributed by atoms with Crippen molar-refractivity contribution in [3.8, 4) is 0 Å². The second kappa shape index (κ2) is 11.4. The molecule has 0 saturated carbocycles. The molecule has 3 aromatic rings. The van der Waals surface area contributed by atoms with Gasteiger partial charge in [-0.15, -0.1) is 0 Å². The minimum absolute atomic E-state index is 0.0119. The summed E-state index contributed by atoms with van der Waals surface area (Å²) in [6, 6.07) is 21.5. The van der Waals surface area contributed by atoms with Crippen LogP contribution in [0.3, 0.4) is 0 Å². The largest absolute Gasteiger partial charge is 0.376 e. The van der Waals surface area contributed by atoms with Crippen molar-refractivity contribution >= 4 is 33.2 Å². The Labute approximate surface area is 211 Å². The van der Waals surface area contributed by atoms with Crippen LogP contribution in [0.1, 0.15) is 28.8 Å². The first kappa shape index (κ1) is 25.4. The zero-order valence-electron chi connectivity index (χ0n) is 20.0. The maximum Gasteiger partial charge on any atom is 0.264 e. The van der Waals surface area contributed by atoms with Crippen LogP contribution in [0.2, 0.25) is 0 Å². The lowest BCUT2D eigenvalue weighted by atomic mass is 10.1. The number of carbonyl (C=O) groups excluding carboxylic acids is 2. The van der Waals surface area contributed by atoms with Crippen LogP contribution in [0.25, 0.3) is 0 Å². The molecule has 3 aromatic carbocycles. The molecule has 1 aliphatic rings. The molecular weight excluding hydrogens is 478 g/mol. The highest BCUT2D eigenvalue weighted by atomic mass is 32.2. The van der Waals surface area contributed by atoms with Crippen LogP contribution >= 0.6 is 0 Å². The summed E-state index contributed by atoms with van der Waals surface area (Å²) in [5, 5.41) is 5.57. The summed E-state index contributed by atoms with van der Waals surface area (Å²) in [4.78, 5) is 26.0. The average Bonchev–Trinajstić information content (AvgIpc) is 3.41. The Morgan fingerprint density at radius 2 is 1.67 bits per heavy atom. The third-order valence-corrected chi connectivity index (χ3v) is 7.69. The molecule has 0 unspecified atom stereocenters. The van der Waals surface area contributed by atoms with E-state index >= 15 is 0 Å². The minimum atomic E-state index is -4.02. The number of aryl methyl sites for hydroxylation is 1. The minimum Gasteiger partial charge on any atom is -0.376 e. The van der Waals surface area contributed by atoms with Gasteiger partial charge in [-0.05, 0) is 56.2 Å². The highest BCUT2D eigenvalue weighted by Crippen LogP contribution is 2.24. The summed E-state index contributed by atoms with van der Waals surface area (Å²) in [5.41, 5.74) is 1.87. The Morgan fingerprint density at radius 1 is 0.972 bits per heavy atom. The first-order valence-corrected chi connectivity index (χ1v) is 13.2. The van der Waals surface area contributed by atoms with Crippen molar-refractivity contribution in [1.82, 2.24) is 5.32 Å². The van der Waals surface area contributed by atoms with Gasteiger partial charge >= 0.3 is 0 Å². The van der Waals surface area contributed by atoms with Gasteiger partial charge in [0.1, 0.15) is 6.54 Å². The number of anilines is 2. The van der Waals surface area contributed by atoms with E-state index in [1.54, 1.807) is 66.7 Å². The molecular formula is C27H29N3O5S. The first-order chi connectivity index (χ1) is 17.3. The molecule has 1 atom stereocenters. The molecule has 36 heavy (non-hydrogen) atoms. The monoisotopic (exact) mass is 507 g/mol. The molecule has 2 N–H and O–H groups in total. The van der Waals surface area contributed by atoms with Gasteiger partial charge in [0.2, 0.25) is 5.91 Å². The Kier molecular flexibility index (Phi) is 8.02. The number of nitrogens with zero attached hydrogens (tertiary/aromatic N) is 1. The van der Waals surface area contributed by atoms with E-state index in [0.29, 0.717) is 24.5 Å². The summed E-state index contributed by atoms with van der Waals surface area (Å²) in [6.45, 7) is 2.48. The molecule has 1 aliphatic heterocycles. The van der Waals surface area contributed by atoms with Gasteiger partial charge in [0.15, 0.2) is 0 Å². The van der Waals surface area contributed by atoms with E-state index in [2.05, 4.69) is 10.6 Å². The molecule has 9 heteroatoms. The number of para-hydroxylation sites is 2. The standard InChI is InChI=1S/C27H29N3O5S/c1-20-13-15-23(16-14-20)36(33,34)30(21-8-3-2-4-9-21)19-26(31)29-25-12-6-5-11-24(25)27(32)28-18-22-10-7-17-35-22/h2-6,8-9,11-16,22H,7,10,17-19H2,1H3,(H,28,32)(H,29,31)/t22-/m0/s1. The fraction of sp³-hybridized carbons (Fsp3) is 0.259. The lowest BCUT2D eigenvalue weighted by molar-refractivity contribution is -0.114. The number of ether oxygens (including phenoxy) is 1. The van der Waals surface area contributed by atoms with Gasteiger partial charge in [-0.3, -0.25) is 13.9 Å². The SMILES string of the molecule is Cc1ccc(S(=O)(=O)N(CC(=O)Nc2ccccc2C(=O)NC[C@@H]2CCCO2)c2ccccc2)cc1. The topological polar surface area (TPSA) is 105 Å². The highest BCUT2D eigenvalue weighted by molar-refractivity contribution is 7.92. The van der Waals surface area contributed by atoms with Crippen molar-refractivity contribution in [2.45, 2.75) is 30.8 Å². The van der Waals surface area contributed by atoms with Crippen molar-refractivity contribution < 1.29 is 22.7 Å². The fourth-order valence-corrected chi connectivity index (χ4v) is 5.39. The lowest BCUT2D eigenvalue weighted by Gasteiger charge is -2.24. The van der Waals surface area contributed by atoms with Crippen LogP contribution in [-0.4, -0.2) is 46.0 Å². The number of nitrogens with one attached hydrogen (secondary N) is 2. The van der Waals surface area contributed by atoms with Crippen LogP contribution in [0.15, 0.2) is 83.8 Å². The normalized spacial score (nSPS) is 15.3. The summed E-state index contributed by atoms with van der Waals surface area (Å²) in [5.74, 6) is -0.914. The molecule has 2 amide bonds. The molecule has 1 fully saturated rings. The zero-order chi connectivity index (χ0) is 25.5. The van der Waals surface area contributed by atoms with E-state index in [1.807, 2.05) is 6.92 Å². The van der Waals surface area contributed by atoms with Crippen LogP contribution < -0.4 is 14.9 Å². The number of amides is 2. The number of benzene rings is 3.